The molecule has 0 radical (unpaired) electrons. The molecule has 0 saturated heterocycles. The molecule has 2 heterocycles. The molecule has 26 heavy (non-hydrogen) atoms. The molecule has 1 aliphatic rings. The lowest BCUT2D eigenvalue weighted by atomic mass is 10.2. The number of carbonyl (C=O) groups excluding carboxylic acids is 1. The maximum absolute atomic E-state index is 12.3. The average Bonchev–Trinajstić information content (AvgIpc) is 3.14. The zero-order chi connectivity index (χ0) is 17.9. The van der Waals surface area contributed by atoms with E-state index in [9.17, 15) is 9.59 Å². The van der Waals surface area contributed by atoms with Gasteiger partial charge in [-0.05, 0) is 35.9 Å². The standard InChI is InChI=1S/C18H13N3O5/c22-17(8-6-12-5-7-15-16(9-12)26-11-25-15)24-10-21-18(23)13-3-1-2-4-14(13)19-20-21/h1-9H,10-11H2. The molecule has 3 aromatic rings. The van der Waals surface area contributed by atoms with Crippen LogP contribution < -0.4 is 15.0 Å². The number of ether oxygens (including phenoxy) is 3. The predicted molar refractivity (Wildman–Crippen MR) is 91.5 cm³/mol. The summed E-state index contributed by atoms with van der Waals surface area (Å²) in [6, 6.07) is 12.1. The fourth-order valence-electron chi connectivity index (χ4n) is 2.46. The number of hydrogen-bond acceptors (Lipinski definition) is 7. The molecule has 8 heteroatoms. The molecule has 0 bridgehead atoms. The first kappa shape index (κ1) is 15.8. The highest BCUT2D eigenvalue weighted by Crippen LogP contribution is 2.32. The molecule has 0 N–H and O–H groups in total. The molecule has 4 rings (SSSR count). The second-order valence-corrected chi connectivity index (χ2v) is 5.45. The number of hydrogen-bond donors (Lipinski definition) is 0. The summed E-state index contributed by atoms with van der Waals surface area (Å²) in [5, 5.41) is 8.09. The van der Waals surface area contributed by atoms with E-state index in [0.29, 0.717) is 22.4 Å². The van der Waals surface area contributed by atoms with Crippen molar-refractivity contribution in [3.05, 3.63) is 64.5 Å². The first-order valence-corrected chi connectivity index (χ1v) is 7.78. The van der Waals surface area contributed by atoms with Gasteiger partial charge in [-0.15, -0.1) is 5.10 Å². The van der Waals surface area contributed by atoms with E-state index in [2.05, 4.69) is 10.3 Å². The van der Waals surface area contributed by atoms with Gasteiger partial charge in [-0.2, -0.15) is 4.68 Å². The van der Waals surface area contributed by atoms with Crippen LogP contribution in [-0.2, 0) is 16.3 Å². The van der Waals surface area contributed by atoms with Gasteiger partial charge in [0.1, 0.15) is 5.52 Å². The van der Waals surface area contributed by atoms with Crippen LogP contribution in [0.3, 0.4) is 0 Å². The van der Waals surface area contributed by atoms with E-state index in [1.54, 1.807) is 48.5 Å². The average molecular weight is 351 g/mol. The number of nitrogens with zero attached hydrogens (tertiary/aromatic N) is 3. The Morgan fingerprint density at radius 3 is 2.96 bits per heavy atom. The zero-order valence-electron chi connectivity index (χ0n) is 13.5. The van der Waals surface area contributed by atoms with Crippen LogP contribution in [0.2, 0.25) is 0 Å². The number of aromatic nitrogens is 3. The third-order valence-corrected chi connectivity index (χ3v) is 3.77. The Balaban J connectivity index is 1.43. The quantitative estimate of drug-likeness (QED) is 0.522. The summed E-state index contributed by atoms with van der Waals surface area (Å²) in [5.41, 5.74) is 0.875. The molecule has 0 unspecified atom stereocenters. The van der Waals surface area contributed by atoms with Crippen molar-refractivity contribution in [3.8, 4) is 11.5 Å². The molecule has 1 aromatic heterocycles. The van der Waals surface area contributed by atoms with Gasteiger partial charge in [0, 0.05) is 6.08 Å². The third-order valence-electron chi connectivity index (χ3n) is 3.77. The summed E-state index contributed by atoms with van der Waals surface area (Å²) in [5.74, 6) is 0.682. The van der Waals surface area contributed by atoms with Gasteiger partial charge in [0.2, 0.25) is 6.79 Å². The molecule has 130 valence electrons. The fraction of sp³-hybridized carbons (Fsp3) is 0.111. The van der Waals surface area contributed by atoms with Crippen LogP contribution in [0.15, 0.2) is 53.3 Å². The van der Waals surface area contributed by atoms with Crippen molar-refractivity contribution in [2.45, 2.75) is 6.73 Å². The molecule has 0 atom stereocenters. The molecule has 0 fully saturated rings. The smallest absolute Gasteiger partial charge is 0.332 e. The van der Waals surface area contributed by atoms with Crippen molar-refractivity contribution in [2.75, 3.05) is 6.79 Å². The lowest BCUT2D eigenvalue weighted by molar-refractivity contribution is -0.141. The van der Waals surface area contributed by atoms with Crippen molar-refractivity contribution >= 4 is 22.9 Å². The van der Waals surface area contributed by atoms with Gasteiger partial charge in [0.25, 0.3) is 5.56 Å². The Kier molecular flexibility index (Phi) is 4.06. The number of benzene rings is 2. The van der Waals surface area contributed by atoms with Gasteiger partial charge >= 0.3 is 5.97 Å². The SMILES string of the molecule is O=C(C=Cc1ccc2c(c1)OCO2)OCn1nnc2ccccc2c1=O. The first-order chi connectivity index (χ1) is 12.7. The second-order valence-electron chi connectivity index (χ2n) is 5.45. The minimum atomic E-state index is -0.607. The number of carbonyl (C=O) groups is 1. The van der Waals surface area contributed by atoms with Gasteiger partial charge in [-0.1, -0.05) is 23.4 Å². The molecule has 1 aliphatic heterocycles. The Hall–Kier alpha value is -3.68. The van der Waals surface area contributed by atoms with Gasteiger partial charge in [0.05, 0.1) is 5.39 Å². The Morgan fingerprint density at radius 2 is 2.04 bits per heavy atom. The molecule has 0 spiro atoms. The Labute approximate surface area is 147 Å². The minimum Gasteiger partial charge on any atom is -0.454 e. The second kappa shape index (κ2) is 6.67. The summed E-state index contributed by atoms with van der Waals surface area (Å²) in [4.78, 5) is 24.1. The molecule has 0 amide bonds. The lowest BCUT2D eigenvalue weighted by Gasteiger charge is -2.04. The lowest BCUT2D eigenvalue weighted by Crippen LogP contribution is -2.26. The summed E-state index contributed by atoms with van der Waals surface area (Å²) in [7, 11) is 0. The summed E-state index contributed by atoms with van der Waals surface area (Å²) < 4.78 is 16.5. The first-order valence-electron chi connectivity index (χ1n) is 7.78. The highest BCUT2D eigenvalue weighted by Gasteiger charge is 2.12. The van der Waals surface area contributed by atoms with Crippen LogP contribution in [0, 0.1) is 0 Å². The largest absolute Gasteiger partial charge is 0.454 e. The van der Waals surface area contributed by atoms with Gasteiger partial charge < -0.3 is 14.2 Å². The molecular formula is C18H13N3O5. The monoisotopic (exact) mass is 351 g/mol. The van der Waals surface area contributed by atoms with Crippen molar-refractivity contribution in [3.63, 3.8) is 0 Å². The zero-order valence-corrected chi connectivity index (χ0v) is 13.5. The normalized spacial score (nSPS) is 12.6. The maximum Gasteiger partial charge on any atom is 0.332 e. The van der Waals surface area contributed by atoms with E-state index < -0.39 is 5.97 Å². The number of rotatable bonds is 4. The Morgan fingerprint density at radius 1 is 1.19 bits per heavy atom. The van der Waals surface area contributed by atoms with Gasteiger partial charge in [0.15, 0.2) is 18.2 Å². The topological polar surface area (TPSA) is 92.5 Å². The van der Waals surface area contributed by atoms with Crippen molar-refractivity contribution in [1.82, 2.24) is 15.0 Å². The number of esters is 1. The van der Waals surface area contributed by atoms with E-state index >= 15 is 0 Å². The highest BCUT2D eigenvalue weighted by atomic mass is 16.7. The van der Waals surface area contributed by atoms with Crippen LogP contribution in [0.1, 0.15) is 5.56 Å². The van der Waals surface area contributed by atoms with E-state index in [4.69, 9.17) is 14.2 Å². The van der Waals surface area contributed by atoms with Gasteiger partial charge in [-0.25, -0.2) is 4.79 Å². The van der Waals surface area contributed by atoms with Crippen molar-refractivity contribution < 1.29 is 19.0 Å². The van der Waals surface area contributed by atoms with Crippen molar-refractivity contribution in [1.29, 1.82) is 0 Å². The predicted octanol–water partition coefficient (Wildman–Crippen LogP) is 1.73. The van der Waals surface area contributed by atoms with Crippen LogP contribution >= 0.6 is 0 Å². The molecule has 2 aromatic carbocycles. The molecular weight excluding hydrogens is 338 g/mol. The maximum atomic E-state index is 12.3. The van der Waals surface area contributed by atoms with Crippen LogP contribution in [0.25, 0.3) is 17.0 Å². The van der Waals surface area contributed by atoms with Crippen molar-refractivity contribution in [2.24, 2.45) is 0 Å². The minimum absolute atomic E-state index is 0.187. The van der Waals surface area contributed by atoms with E-state index in [1.165, 1.54) is 6.08 Å². The van der Waals surface area contributed by atoms with Crippen LogP contribution in [0.5, 0.6) is 11.5 Å². The highest BCUT2D eigenvalue weighted by molar-refractivity contribution is 5.87. The molecule has 0 aliphatic carbocycles. The summed E-state index contributed by atoms with van der Waals surface area (Å²) in [6.45, 7) is -0.132. The summed E-state index contributed by atoms with van der Waals surface area (Å²) in [6.07, 6.45) is 2.84. The summed E-state index contributed by atoms with van der Waals surface area (Å²) >= 11 is 0. The van der Waals surface area contributed by atoms with Crippen LogP contribution in [-0.4, -0.2) is 27.8 Å². The number of fused-ring (bicyclic) bond motifs is 2. The van der Waals surface area contributed by atoms with E-state index in [1.807, 2.05) is 0 Å². The van der Waals surface area contributed by atoms with Gasteiger partial charge in [-0.3, -0.25) is 4.79 Å². The molecule has 0 saturated carbocycles. The molecule has 8 nitrogen and oxygen atoms in total. The fourth-order valence-corrected chi connectivity index (χ4v) is 2.46. The van der Waals surface area contributed by atoms with Crippen LogP contribution in [0.4, 0.5) is 0 Å². The van der Waals surface area contributed by atoms with E-state index in [-0.39, 0.29) is 19.1 Å². The van der Waals surface area contributed by atoms with E-state index in [0.717, 1.165) is 10.2 Å². The third kappa shape index (κ3) is 3.12. The Bertz CT molecular complexity index is 1070.